The van der Waals surface area contributed by atoms with E-state index in [2.05, 4.69) is 41.2 Å². The fourth-order valence-corrected chi connectivity index (χ4v) is 3.47. The summed E-state index contributed by atoms with van der Waals surface area (Å²) in [7, 11) is 1.67. The zero-order chi connectivity index (χ0) is 18.6. The number of hydrogen-bond donors (Lipinski definition) is 1. The quantitative estimate of drug-likeness (QED) is 0.626. The van der Waals surface area contributed by atoms with Crippen molar-refractivity contribution in [1.82, 2.24) is 9.97 Å². The Bertz CT molecular complexity index is 990. The Morgan fingerprint density at radius 3 is 2.89 bits per heavy atom. The summed E-state index contributed by atoms with van der Waals surface area (Å²) in [5.74, 6) is 2.15. The van der Waals surface area contributed by atoms with E-state index in [1.54, 1.807) is 13.3 Å². The van der Waals surface area contributed by atoms with Gasteiger partial charge in [0.25, 0.3) is 0 Å². The second kappa shape index (κ2) is 7.70. The maximum atomic E-state index is 6.20. The highest BCUT2D eigenvalue weighted by Crippen LogP contribution is 2.31. The SMILES string of the molecule is COc1ccc(-c2cc3c(OCC4C=C(C)C=CCC4)ccnc3[nH]2)cc1.[HH]. The third-order valence-corrected chi connectivity index (χ3v) is 4.93. The number of hydrogen-bond acceptors (Lipinski definition) is 3. The topological polar surface area (TPSA) is 47.1 Å². The van der Waals surface area contributed by atoms with Crippen molar-refractivity contribution in [3.8, 4) is 22.8 Å². The minimum absolute atomic E-state index is 0. The molecule has 2 heterocycles. The first kappa shape index (κ1) is 17.4. The Kier molecular flexibility index (Phi) is 4.97. The van der Waals surface area contributed by atoms with Crippen molar-refractivity contribution in [2.75, 3.05) is 13.7 Å². The van der Waals surface area contributed by atoms with Crippen LogP contribution in [-0.4, -0.2) is 23.7 Å². The maximum absolute atomic E-state index is 6.20. The van der Waals surface area contributed by atoms with Gasteiger partial charge in [-0.2, -0.15) is 0 Å². The number of nitrogens with one attached hydrogen (secondary N) is 1. The van der Waals surface area contributed by atoms with Crippen LogP contribution in [0.25, 0.3) is 22.3 Å². The summed E-state index contributed by atoms with van der Waals surface area (Å²) in [6.07, 6.45) is 10.7. The van der Waals surface area contributed by atoms with Gasteiger partial charge in [0.15, 0.2) is 0 Å². The number of pyridine rings is 1. The van der Waals surface area contributed by atoms with Crippen LogP contribution in [0.2, 0.25) is 0 Å². The van der Waals surface area contributed by atoms with Crippen LogP contribution in [0.3, 0.4) is 0 Å². The van der Waals surface area contributed by atoms with Crippen LogP contribution in [0.15, 0.2) is 66.4 Å². The highest BCUT2D eigenvalue weighted by atomic mass is 16.5. The first-order chi connectivity index (χ1) is 13.2. The molecule has 0 fully saturated rings. The van der Waals surface area contributed by atoms with Crippen LogP contribution in [0.1, 0.15) is 21.2 Å². The summed E-state index contributed by atoms with van der Waals surface area (Å²) in [5, 5.41) is 1.01. The van der Waals surface area contributed by atoms with E-state index in [1.807, 2.05) is 30.3 Å². The molecule has 0 radical (unpaired) electrons. The standard InChI is InChI=1S/C23H24N2O2.H2/c1-16-5-3-4-6-17(13-16)15-27-22-11-12-24-23-20(22)14-21(25-23)18-7-9-19(26-2)10-8-18;/h3,5,7-14,17H,4,6,15H2,1-2H3,(H,24,25);1H. The van der Waals surface area contributed by atoms with E-state index in [4.69, 9.17) is 9.47 Å². The lowest BCUT2D eigenvalue weighted by Crippen LogP contribution is -2.09. The van der Waals surface area contributed by atoms with Gasteiger partial charge < -0.3 is 14.5 Å². The first-order valence-corrected chi connectivity index (χ1v) is 9.33. The van der Waals surface area contributed by atoms with Crippen molar-refractivity contribution in [2.24, 2.45) is 5.92 Å². The van der Waals surface area contributed by atoms with Crippen LogP contribution < -0.4 is 9.47 Å². The van der Waals surface area contributed by atoms with E-state index < -0.39 is 0 Å². The maximum Gasteiger partial charge on any atom is 0.141 e. The molecular formula is C23H26N2O2. The van der Waals surface area contributed by atoms with E-state index in [1.165, 1.54) is 5.57 Å². The van der Waals surface area contributed by atoms with E-state index in [9.17, 15) is 0 Å². The Labute approximate surface area is 161 Å². The lowest BCUT2D eigenvalue weighted by molar-refractivity contribution is 0.272. The molecule has 140 valence electrons. The fourth-order valence-electron chi connectivity index (χ4n) is 3.47. The molecule has 1 aromatic carbocycles. The average Bonchev–Trinajstić information content (AvgIpc) is 3.03. The normalized spacial score (nSPS) is 16.8. The monoisotopic (exact) mass is 362 g/mol. The molecule has 0 amide bonds. The number of nitrogens with zero attached hydrogens (tertiary/aromatic N) is 1. The molecule has 1 aliphatic rings. The zero-order valence-electron chi connectivity index (χ0n) is 15.7. The number of aromatic amines is 1. The zero-order valence-corrected chi connectivity index (χ0v) is 15.7. The van der Waals surface area contributed by atoms with Crippen LogP contribution in [0.4, 0.5) is 0 Å². The van der Waals surface area contributed by atoms with Gasteiger partial charge in [0.1, 0.15) is 17.1 Å². The van der Waals surface area contributed by atoms with Crippen molar-refractivity contribution < 1.29 is 10.9 Å². The summed E-state index contributed by atoms with van der Waals surface area (Å²) in [6, 6.07) is 12.0. The minimum atomic E-state index is 0. The van der Waals surface area contributed by atoms with Crippen molar-refractivity contribution in [2.45, 2.75) is 19.8 Å². The van der Waals surface area contributed by atoms with E-state index in [0.29, 0.717) is 12.5 Å². The van der Waals surface area contributed by atoms with Gasteiger partial charge in [0, 0.05) is 19.2 Å². The van der Waals surface area contributed by atoms with Gasteiger partial charge in [-0.1, -0.05) is 23.8 Å². The molecule has 1 atom stereocenters. The summed E-state index contributed by atoms with van der Waals surface area (Å²) < 4.78 is 11.4. The number of methoxy groups -OCH3 is 1. The second-order valence-electron chi connectivity index (χ2n) is 6.94. The Morgan fingerprint density at radius 2 is 2.07 bits per heavy atom. The van der Waals surface area contributed by atoms with Gasteiger partial charge in [-0.25, -0.2) is 4.98 Å². The summed E-state index contributed by atoms with van der Waals surface area (Å²) in [6.45, 7) is 2.83. The van der Waals surface area contributed by atoms with Crippen molar-refractivity contribution in [3.05, 3.63) is 66.4 Å². The van der Waals surface area contributed by atoms with Gasteiger partial charge in [0.2, 0.25) is 0 Å². The Balaban J connectivity index is 0.00000225. The number of aromatic nitrogens is 2. The number of rotatable bonds is 5. The van der Waals surface area contributed by atoms with Gasteiger partial charge >= 0.3 is 0 Å². The van der Waals surface area contributed by atoms with Crippen molar-refractivity contribution in [3.63, 3.8) is 0 Å². The highest BCUT2D eigenvalue weighted by molar-refractivity contribution is 5.88. The molecule has 0 aliphatic heterocycles. The lowest BCUT2D eigenvalue weighted by atomic mass is 10.0. The van der Waals surface area contributed by atoms with E-state index >= 15 is 0 Å². The first-order valence-electron chi connectivity index (χ1n) is 9.33. The minimum Gasteiger partial charge on any atom is -0.497 e. The van der Waals surface area contributed by atoms with Crippen LogP contribution in [0, 0.1) is 5.92 Å². The Morgan fingerprint density at radius 1 is 1.22 bits per heavy atom. The van der Waals surface area contributed by atoms with Gasteiger partial charge in [0.05, 0.1) is 19.1 Å². The average molecular weight is 362 g/mol. The smallest absolute Gasteiger partial charge is 0.141 e. The number of allylic oxidation sites excluding steroid dienone is 3. The number of H-pyrrole nitrogens is 1. The molecule has 4 rings (SSSR count). The molecule has 0 spiro atoms. The molecule has 4 nitrogen and oxygen atoms in total. The molecule has 0 bridgehead atoms. The molecule has 2 aromatic heterocycles. The van der Waals surface area contributed by atoms with Gasteiger partial charge in [-0.3, -0.25) is 0 Å². The predicted molar refractivity (Wildman–Crippen MR) is 111 cm³/mol. The Hall–Kier alpha value is -3.01. The molecule has 1 unspecified atom stereocenters. The second-order valence-corrected chi connectivity index (χ2v) is 6.94. The molecule has 3 aromatic rings. The van der Waals surface area contributed by atoms with Crippen molar-refractivity contribution >= 4 is 11.0 Å². The fraction of sp³-hybridized carbons (Fsp3) is 0.261. The molecule has 0 saturated heterocycles. The number of ether oxygens (including phenoxy) is 2. The summed E-state index contributed by atoms with van der Waals surface area (Å²) in [4.78, 5) is 7.85. The van der Waals surface area contributed by atoms with Crippen molar-refractivity contribution in [1.29, 1.82) is 0 Å². The van der Waals surface area contributed by atoms with E-state index in [0.717, 1.165) is 46.6 Å². The van der Waals surface area contributed by atoms with Crippen LogP contribution in [-0.2, 0) is 0 Å². The molecule has 0 saturated carbocycles. The highest BCUT2D eigenvalue weighted by Gasteiger charge is 2.12. The number of benzene rings is 1. The molecule has 27 heavy (non-hydrogen) atoms. The molecule has 1 aliphatic carbocycles. The summed E-state index contributed by atoms with van der Waals surface area (Å²) >= 11 is 0. The third-order valence-electron chi connectivity index (χ3n) is 4.93. The molecule has 4 heteroatoms. The lowest BCUT2D eigenvalue weighted by Gasteiger charge is -2.13. The van der Waals surface area contributed by atoms with Crippen LogP contribution in [0.5, 0.6) is 11.5 Å². The van der Waals surface area contributed by atoms with Crippen LogP contribution >= 0.6 is 0 Å². The largest absolute Gasteiger partial charge is 0.497 e. The molecule has 1 N–H and O–H groups in total. The predicted octanol–water partition coefficient (Wildman–Crippen LogP) is 5.78. The van der Waals surface area contributed by atoms with Gasteiger partial charge in [-0.05, 0) is 61.7 Å². The molecular weight excluding hydrogens is 336 g/mol. The number of fused-ring (bicyclic) bond motifs is 1. The van der Waals surface area contributed by atoms with Gasteiger partial charge in [-0.15, -0.1) is 0 Å². The third kappa shape index (κ3) is 3.90. The summed E-state index contributed by atoms with van der Waals surface area (Å²) in [5.41, 5.74) is 4.26. The van der Waals surface area contributed by atoms with E-state index in [-0.39, 0.29) is 1.43 Å².